The standard InChI is InChI=1S/C53H66N8O8/c1-32-26-47(64)51(36-14-18-49(68-25-23-57)41(29-36)40-27-34(11-17-48(40)67-24-22-56)28-44(60-52(32)65)45(62)10-7-20-54)61(3)53(66)37(19-21-55)30-46(63)50-33(2)59-43(31-42(50)58)35-12-15-39(16-13-35)69-38-8-5-4-6-9-38/h11-18,27,29,31-32,37-38,44,51H,4-10,19,21-26,28,30,55-57H2,1-3H3,(H2,58,59)(H,60,65)/t32-,37-,44+,51+/m1/s1. The minimum Gasteiger partial charge on any atom is -0.492 e. The number of Topliss-reactive ketones (excluding diaryl/α,β-unsaturated/α-hetero) is 3. The van der Waals surface area contributed by atoms with Crippen LogP contribution in [0.1, 0.15) is 104 Å². The van der Waals surface area contributed by atoms with Gasteiger partial charge in [-0.2, -0.15) is 5.26 Å². The summed E-state index contributed by atoms with van der Waals surface area (Å²) in [5.74, 6) is -2.56. The van der Waals surface area contributed by atoms with Crippen LogP contribution in [0.4, 0.5) is 5.69 Å². The van der Waals surface area contributed by atoms with E-state index >= 15 is 0 Å². The zero-order valence-corrected chi connectivity index (χ0v) is 40.0. The highest BCUT2D eigenvalue weighted by molar-refractivity contribution is 6.04. The van der Waals surface area contributed by atoms with Gasteiger partial charge in [-0.05, 0) is 118 Å². The maximum atomic E-state index is 14.8. The minimum atomic E-state index is -1.26. The molecule has 1 fully saturated rings. The highest BCUT2D eigenvalue weighted by atomic mass is 16.5. The topological polar surface area (TPSA) is 269 Å². The molecule has 9 N–H and O–H groups in total. The molecule has 0 spiro atoms. The maximum Gasteiger partial charge on any atom is 0.226 e. The molecule has 1 aliphatic heterocycles. The molecule has 2 aliphatic rings. The van der Waals surface area contributed by atoms with Crippen molar-refractivity contribution in [1.29, 1.82) is 5.26 Å². The largest absolute Gasteiger partial charge is 0.492 e. The highest BCUT2D eigenvalue weighted by Crippen LogP contribution is 2.41. The van der Waals surface area contributed by atoms with E-state index in [1.165, 1.54) is 31.2 Å². The van der Waals surface area contributed by atoms with Gasteiger partial charge in [-0.1, -0.05) is 25.5 Å². The smallest absolute Gasteiger partial charge is 0.226 e. The molecule has 1 aromatic heterocycles. The van der Waals surface area contributed by atoms with Crippen molar-refractivity contribution in [1.82, 2.24) is 15.2 Å². The van der Waals surface area contributed by atoms with Crippen molar-refractivity contribution in [3.63, 3.8) is 0 Å². The van der Waals surface area contributed by atoms with Crippen LogP contribution in [-0.2, 0) is 25.6 Å². The number of anilines is 1. The van der Waals surface area contributed by atoms with E-state index < -0.39 is 47.3 Å². The number of likely N-dealkylation sites (N-methyl/N-ethyl adjacent to an activating group) is 1. The van der Waals surface area contributed by atoms with E-state index in [1.54, 1.807) is 50.2 Å². The molecule has 69 heavy (non-hydrogen) atoms. The first-order valence-corrected chi connectivity index (χ1v) is 24.0. The minimum absolute atomic E-state index is 0.0361. The summed E-state index contributed by atoms with van der Waals surface area (Å²) in [6.45, 7) is 4.09. The second kappa shape index (κ2) is 24.6. The summed E-state index contributed by atoms with van der Waals surface area (Å²) in [6, 6.07) is 19.5. The summed E-state index contributed by atoms with van der Waals surface area (Å²) in [7, 11) is 1.49. The van der Waals surface area contributed by atoms with E-state index in [0.717, 1.165) is 24.2 Å². The lowest BCUT2D eigenvalue weighted by Crippen LogP contribution is -2.46. The van der Waals surface area contributed by atoms with Gasteiger partial charge in [0.1, 0.15) is 36.5 Å². The second-order valence-corrected chi connectivity index (χ2v) is 18.0. The Morgan fingerprint density at radius 2 is 1.55 bits per heavy atom. The van der Waals surface area contributed by atoms with Crippen molar-refractivity contribution < 1.29 is 38.2 Å². The van der Waals surface area contributed by atoms with E-state index in [2.05, 4.69) is 5.32 Å². The van der Waals surface area contributed by atoms with Gasteiger partial charge in [0.25, 0.3) is 0 Å². The number of carbonyl (C=O) groups is 5. The Kier molecular flexibility index (Phi) is 18.4. The lowest BCUT2D eigenvalue weighted by atomic mass is 9.88. The zero-order chi connectivity index (χ0) is 49.6. The molecular weight excluding hydrogens is 877 g/mol. The van der Waals surface area contributed by atoms with E-state index in [0.29, 0.717) is 45.1 Å². The number of nitrogens with two attached hydrogens (primary N) is 4. The summed E-state index contributed by atoms with van der Waals surface area (Å²) in [4.78, 5) is 77.3. The lowest BCUT2D eigenvalue weighted by Gasteiger charge is -2.32. The van der Waals surface area contributed by atoms with Gasteiger partial charge in [0.05, 0.1) is 35.2 Å². The predicted octanol–water partition coefficient (Wildman–Crippen LogP) is 5.94. The first kappa shape index (κ1) is 51.7. The number of aromatic nitrogens is 1. The van der Waals surface area contributed by atoms with Crippen LogP contribution in [0.3, 0.4) is 0 Å². The van der Waals surface area contributed by atoms with Gasteiger partial charge in [-0.3, -0.25) is 29.0 Å². The SMILES string of the molecule is Cc1nc(-c2ccc(OC3CCCCC3)cc2)cc(N)c1C(=O)C[C@@H](CCN)C(=O)N(C)[C@@H]1C(=O)C[C@@H](C)C(=O)N[C@H](C(=O)CCC#N)Cc2ccc(OCCN)c(c2)-c2cc1ccc2OCCN. The summed E-state index contributed by atoms with van der Waals surface area (Å²) in [5.41, 5.74) is 28.7. The fourth-order valence-corrected chi connectivity index (χ4v) is 9.25. The highest BCUT2D eigenvalue weighted by Gasteiger charge is 2.36. The molecule has 3 aromatic carbocycles. The molecular formula is C53H66N8O8. The number of aryl methyl sites for hydroxylation is 1. The summed E-state index contributed by atoms with van der Waals surface area (Å²) in [6.07, 6.45) is 5.37. The molecule has 4 aromatic rings. The molecule has 16 heteroatoms. The van der Waals surface area contributed by atoms with Crippen LogP contribution in [0.25, 0.3) is 22.4 Å². The number of ketones is 3. The number of nitrogens with zero attached hydrogens (tertiary/aromatic N) is 3. The third-order valence-corrected chi connectivity index (χ3v) is 12.8. The number of hydrogen-bond acceptors (Lipinski definition) is 14. The molecule has 4 bridgehead atoms. The van der Waals surface area contributed by atoms with Gasteiger partial charge in [0.2, 0.25) is 11.8 Å². The molecule has 2 heterocycles. The molecule has 0 radical (unpaired) electrons. The molecule has 0 unspecified atom stereocenters. The van der Waals surface area contributed by atoms with E-state index in [9.17, 15) is 29.2 Å². The van der Waals surface area contributed by atoms with E-state index in [1.807, 2.05) is 36.4 Å². The number of pyridine rings is 1. The average molecular weight is 943 g/mol. The fourth-order valence-electron chi connectivity index (χ4n) is 9.25. The number of nitriles is 1. The summed E-state index contributed by atoms with van der Waals surface area (Å²) in [5, 5.41) is 12.1. The molecule has 1 aliphatic carbocycles. The Bertz CT molecular complexity index is 2490. The van der Waals surface area contributed by atoms with Gasteiger partial charge in [0, 0.05) is 80.0 Å². The normalized spacial score (nSPS) is 18.0. The van der Waals surface area contributed by atoms with Crippen LogP contribution >= 0.6 is 0 Å². The Labute approximate surface area is 404 Å². The Morgan fingerprint density at radius 1 is 0.884 bits per heavy atom. The molecule has 16 nitrogen and oxygen atoms in total. The van der Waals surface area contributed by atoms with Crippen molar-refractivity contribution in [2.75, 3.05) is 45.6 Å². The van der Waals surface area contributed by atoms with Gasteiger partial charge >= 0.3 is 0 Å². The number of benzene rings is 3. The average Bonchev–Trinajstić information content (AvgIpc) is 3.34. The van der Waals surface area contributed by atoms with E-state index in [-0.39, 0.29) is 94.5 Å². The lowest BCUT2D eigenvalue weighted by molar-refractivity contribution is -0.142. The maximum absolute atomic E-state index is 14.8. The van der Waals surface area contributed by atoms with Gasteiger partial charge in [0.15, 0.2) is 17.3 Å². The van der Waals surface area contributed by atoms with Crippen molar-refractivity contribution in [3.8, 4) is 45.7 Å². The van der Waals surface area contributed by atoms with Gasteiger partial charge < -0.3 is 47.4 Å². The van der Waals surface area contributed by atoms with Gasteiger partial charge in [-0.15, -0.1) is 0 Å². The van der Waals surface area contributed by atoms with Crippen molar-refractivity contribution >= 4 is 34.9 Å². The first-order valence-electron chi connectivity index (χ1n) is 24.0. The number of nitrogen functional groups attached to an aromatic ring is 1. The predicted molar refractivity (Wildman–Crippen MR) is 263 cm³/mol. The molecule has 4 atom stereocenters. The Morgan fingerprint density at radius 3 is 2.19 bits per heavy atom. The molecule has 1 saturated carbocycles. The first-order chi connectivity index (χ1) is 33.3. The Balaban J connectivity index is 1.34. The van der Waals surface area contributed by atoms with Crippen LogP contribution < -0.4 is 42.5 Å². The molecule has 2 amide bonds. The van der Waals surface area contributed by atoms with Crippen LogP contribution in [-0.4, -0.2) is 91.1 Å². The Hall–Kier alpha value is -6.67. The van der Waals surface area contributed by atoms with Gasteiger partial charge in [-0.25, -0.2) is 0 Å². The van der Waals surface area contributed by atoms with Crippen molar-refractivity contribution in [3.05, 3.63) is 89.1 Å². The van der Waals surface area contributed by atoms with Crippen LogP contribution in [0.5, 0.6) is 17.2 Å². The van der Waals surface area contributed by atoms with Crippen molar-refractivity contribution in [2.45, 2.75) is 103 Å². The number of fused-ring (bicyclic) bond motifs is 5. The van der Waals surface area contributed by atoms with E-state index in [4.69, 9.17) is 42.1 Å². The molecule has 6 rings (SSSR count). The number of carbonyl (C=O) groups excluding carboxylic acids is 5. The monoisotopic (exact) mass is 943 g/mol. The molecule has 366 valence electrons. The number of ether oxygens (including phenoxy) is 3. The number of amides is 2. The zero-order valence-electron chi connectivity index (χ0n) is 40.0. The van der Waals surface area contributed by atoms with Crippen LogP contribution in [0.15, 0.2) is 66.7 Å². The summed E-state index contributed by atoms with van der Waals surface area (Å²) >= 11 is 0. The van der Waals surface area contributed by atoms with Crippen molar-refractivity contribution in [2.24, 2.45) is 29.0 Å². The van der Waals surface area contributed by atoms with Crippen LogP contribution in [0, 0.1) is 30.1 Å². The number of nitrogens with one attached hydrogen (secondary N) is 1. The quantitative estimate of drug-likeness (QED) is 0.0682. The second-order valence-electron chi connectivity index (χ2n) is 18.0. The number of rotatable bonds is 19. The number of hydrogen-bond donors (Lipinski definition) is 5. The third kappa shape index (κ3) is 13.1. The van der Waals surface area contributed by atoms with Crippen LogP contribution in [0.2, 0.25) is 0 Å². The molecule has 0 saturated heterocycles. The summed E-state index contributed by atoms with van der Waals surface area (Å²) < 4.78 is 18.5. The third-order valence-electron chi connectivity index (χ3n) is 12.8. The fraction of sp³-hybridized carbons (Fsp3) is 0.453.